The maximum absolute atomic E-state index is 12.2. The third kappa shape index (κ3) is 2.98. The van der Waals surface area contributed by atoms with E-state index in [9.17, 15) is 13.5 Å². The molecule has 1 aromatic heterocycles. The zero-order valence-electron chi connectivity index (χ0n) is 10.5. The Bertz CT molecular complexity index is 490. The van der Waals surface area contributed by atoms with Gasteiger partial charge in [0.2, 0.25) is 10.0 Å². The van der Waals surface area contributed by atoms with Gasteiger partial charge in [-0.2, -0.15) is 0 Å². The topological polar surface area (TPSA) is 105 Å². The first-order valence-corrected chi connectivity index (χ1v) is 7.24. The molecule has 0 saturated carbocycles. The molecule has 0 aromatic carbocycles. The molecule has 0 aliphatic carbocycles. The smallest absolute Gasteiger partial charge is 0.244 e. The van der Waals surface area contributed by atoms with Gasteiger partial charge in [-0.1, -0.05) is 13.8 Å². The molecular weight excluding hydrogens is 254 g/mol. The molecular formula is C11H19N3O3S. The number of rotatable bonds is 6. The fourth-order valence-electron chi connectivity index (χ4n) is 1.62. The molecule has 0 unspecified atom stereocenters. The van der Waals surface area contributed by atoms with Crippen molar-refractivity contribution in [2.24, 2.45) is 0 Å². The molecule has 6 nitrogen and oxygen atoms in total. The van der Waals surface area contributed by atoms with E-state index in [1.54, 1.807) is 0 Å². The Morgan fingerprint density at radius 1 is 1.44 bits per heavy atom. The molecule has 0 amide bonds. The summed E-state index contributed by atoms with van der Waals surface area (Å²) in [4.78, 5) is 3.68. The van der Waals surface area contributed by atoms with Crippen LogP contribution in [-0.2, 0) is 10.0 Å². The zero-order chi connectivity index (χ0) is 13.8. The Labute approximate surface area is 107 Å². The lowest BCUT2D eigenvalue weighted by Gasteiger charge is -2.30. The van der Waals surface area contributed by atoms with Crippen LogP contribution in [0.3, 0.4) is 0 Å². The Kier molecular flexibility index (Phi) is 4.66. The second-order valence-electron chi connectivity index (χ2n) is 4.14. The minimum absolute atomic E-state index is 0.0518. The van der Waals surface area contributed by atoms with Crippen molar-refractivity contribution in [3.8, 4) is 0 Å². The van der Waals surface area contributed by atoms with Crippen LogP contribution in [0.4, 0.5) is 5.82 Å². The molecule has 18 heavy (non-hydrogen) atoms. The van der Waals surface area contributed by atoms with Gasteiger partial charge in [0.25, 0.3) is 0 Å². The van der Waals surface area contributed by atoms with Gasteiger partial charge < -0.3 is 10.8 Å². The lowest BCUT2D eigenvalue weighted by atomic mass is 9.96. The molecule has 0 atom stereocenters. The number of aliphatic hydroxyl groups excluding tert-OH is 1. The molecule has 0 radical (unpaired) electrons. The first-order chi connectivity index (χ1) is 8.40. The second-order valence-corrected chi connectivity index (χ2v) is 5.79. The van der Waals surface area contributed by atoms with E-state index in [1.165, 1.54) is 18.3 Å². The SMILES string of the molecule is CCC(CC)(CO)NS(=O)(=O)c1cccnc1N. The van der Waals surface area contributed by atoms with Crippen LogP contribution in [0.5, 0.6) is 0 Å². The summed E-state index contributed by atoms with van der Waals surface area (Å²) in [6.07, 6.45) is 2.39. The first kappa shape index (κ1) is 14.9. The maximum Gasteiger partial charge on any atom is 0.244 e. The number of sulfonamides is 1. The lowest BCUT2D eigenvalue weighted by molar-refractivity contribution is 0.172. The quantitative estimate of drug-likeness (QED) is 0.699. The van der Waals surface area contributed by atoms with E-state index in [0.717, 1.165) is 0 Å². The second kappa shape index (κ2) is 5.64. The van der Waals surface area contributed by atoms with Crippen LogP contribution in [0, 0.1) is 0 Å². The minimum Gasteiger partial charge on any atom is -0.394 e. The van der Waals surface area contributed by atoms with E-state index in [4.69, 9.17) is 5.73 Å². The number of aromatic nitrogens is 1. The van der Waals surface area contributed by atoms with E-state index in [1.807, 2.05) is 13.8 Å². The van der Waals surface area contributed by atoms with Gasteiger partial charge in [-0.25, -0.2) is 18.1 Å². The van der Waals surface area contributed by atoms with Crippen LogP contribution >= 0.6 is 0 Å². The molecule has 0 saturated heterocycles. The molecule has 0 fully saturated rings. The van der Waals surface area contributed by atoms with Crippen molar-refractivity contribution < 1.29 is 13.5 Å². The highest BCUT2D eigenvalue weighted by Gasteiger charge is 2.32. The Hall–Kier alpha value is -1.18. The predicted molar refractivity (Wildman–Crippen MR) is 69.4 cm³/mol. The summed E-state index contributed by atoms with van der Waals surface area (Å²) in [5, 5.41) is 9.38. The monoisotopic (exact) mass is 273 g/mol. The van der Waals surface area contributed by atoms with Crippen LogP contribution in [-0.4, -0.2) is 30.7 Å². The molecule has 1 heterocycles. The van der Waals surface area contributed by atoms with Gasteiger partial charge in [0, 0.05) is 6.20 Å². The Balaban J connectivity index is 3.13. The third-order valence-electron chi connectivity index (χ3n) is 3.10. The lowest BCUT2D eigenvalue weighted by Crippen LogP contribution is -2.50. The molecule has 0 spiro atoms. The van der Waals surface area contributed by atoms with Crippen LogP contribution in [0.1, 0.15) is 26.7 Å². The number of nitrogens with two attached hydrogens (primary N) is 1. The van der Waals surface area contributed by atoms with Crippen molar-refractivity contribution in [1.82, 2.24) is 9.71 Å². The zero-order valence-corrected chi connectivity index (χ0v) is 11.4. The maximum atomic E-state index is 12.2. The standard InChI is InChI=1S/C11H19N3O3S/c1-3-11(4-2,8-15)14-18(16,17)9-6-5-7-13-10(9)12/h5-7,14-15H,3-4,8H2,1-2H3,(H2,12,13). The Morgan fingerprint density at radius 3 is 2.50 bits per heavy atom. The van der Waals surface area contributed by atoms with Crippen LogP contribution in [0.25, 0.3) is 0 Å². The van der Waals surface area contributed by atoms with Crippen molar-refractivity contribution in [3.63, 3.8) is 0 Å². The van der Waals surface area contributed by atoms with Gasteiger partial charge in [-0.15, -0.1) is 0 Å². The highest BCUT2D eigenvalue weighted by Crippen LogP contribution is 2.21. The number of pyridine rings is 1. The predicted octanol–water partition coefficient (Wildman–Crippen LogP) is 0.493. The molecule has 0 aliphatic rings. The fraction of sp³-hybridized carbons (Fsp3) is 0.545. The average molecular weight is 273 g/mol. The molecule has 0 bridgehead atoms. The molecule has 4 N–H and O–H groups in total. The molecule has 102 valence electrons. The summed E-state index contributed by atoms with van der Waals surface area (Å²) in [5.74, 6) is -0.0518. The number of anilines is 1. The summed E-state index contributed by atoms with van der Waals surface area (Å²) in [6.45, 7) is 3.36. The largest absolute Gasteiger partial charge is 0.394 e. The van der Waals surface area contributed by atoms with Crippen molar-refractivity contribution in [3.05, 3.63) is 18.3 Å². The Morgan fingerprint density at radius 2 is 2.06 bits per heavy atom. The normalized spacial score (nSPS) is 12.6. The van der Waals surface area contributed by atoms with E-state index in [-0.39, 0.29) is 17.3 Å². The van der Waals surface area contributed by atoms with Gasteiger partial charge >= 0.3 is 0 Å². The highest BCUT2D eigenvalue weighted by atomic mass is 32.2. The van der Waals surface area contributed by atoms with E-state index < -0.39 is 15.6 Å². The van der Waals surface area contributed by atoms with Gasteiger partial charge in [-0.05, 0) is 25.0 Å². The van der Waals surface area contributed by atoms with Gasteiger partial charge in [0.05, 0.1) is 12.1 Å². The summed E-state index contributed by atoms with van der Waals surface area (Å²) < 4.78 is 26.9. The van der Waals surface area contributed by atoms with Crippen LogP contribution < -0.4 is 10.5 Å². The van der Waals surface area contributed by atoms with Gasteiger partial charge in [-0.3, -0.25) is 0 Å². The summed E-state index contributed by atoms with van der Waals surface area (Å²) in [5.41, 5.74) is 4.70. The minimum atomic E-state index is -3.78. The van der Waals surface area contributed by atoms with Crippen molar-refractivity contribution in [1.29, 1.82) is 0 Å². The summed E-state index contributed by atoms with van der Waals surface area (Å²) >= 11 is 0. The van der Waals surface area contributed by atoms with Gasteiger partial charge in [0.15, 0.2) is 0 Å². The molecule has 1 rings (SSSR count). The molecule has 0 aliphatic heterocycles. The molecule has 1 aromatic rings. The van der Waals surface area contributed by atoms with E-state index >= 15 is 0 Å². The summed E-state index contributed by atoms with van der Waals surface area (Å²) in [7, 11) is -3.78. The van der Waals surface area contributed by atoms with Crippen molar-refractivity contribution in [2.75, 3.05) is 12.3 Å². The average Bonchev–Trinajstić information content (AvgIpc) is 2.36. The van der Waals surface area contributed by atoms with E-state index in [0.29, 0.717) is 12.8 Å². The van der Waals surface area contributed by atoms with Gasteiger partial charge in [0.1, 0.15) is 10.7 Å². The third-order valence-corrected chi connectivity index (χ3v) is 4.72. The number of aliphatic hydroxyl groups is 1. The van der Waals surface area contributed by atoms with Crippen LogP contribution in [0.15, 0.2) is 23.2 Å². The highest BCUT2D eigenvalue weighted by molar-refractivity contribution is 7.89. The fourth-order valence-corrected chi connectivity index (χ4v) is 3.24. The number of nitrogen functional groups attached to an aromatic ring is 1. The van der Waals surface area contributed by atoms with E-state index in [2.05, 4.69) is 9.71 Å². The summed E-state index contributed by atoms with van der Waals surface area (Å²) in [6, 6.07) is 2.89. The van der Waals surface area contributed by atoms with Crippen molar-refractivity contribution in [2.45, 2.75) is 37.1 Å². The number of nitrogens with one attached hydrogen (secondary N) is 1. The first-order valence-electron chi connectivity index (χ1n) is 5.76. The number of nitrogens with zero attached hydrogens (tertiary/aromatic N) is 1. The molecule has 7 heteroatoms. The number of hydrogen-bond acceptors (Lipinski definition) is 5. The number of hydrogen-bond donors (Lipinski definition) is 3. The van der Waals surface area contributed by atoms with Crippen LogP contribution in [0.2, 0.25) is 0 Å². The van der Waals surface area contributed by atoms with Crippen molar-refractivity contribution >= 4 is 15.8 Å².